The summed E-state index contributed by atoms with van der Waals surface area (Å²) in [6.45, 7) is 1.99. The largest absolute Gasteiger partial charge is 0.463 e. The van der Waals surface area contributed by atoms with Crippen LogP contribution in [0.3, 0.4) is 0 Å². The number of hydrogen-bond acceptors (Lipinski definition) is 2. The Balaban J connectivity index is 2.86. The van der Waals surface area contributed by atoms with Gasteiger partial charge in [0.2, 0.25) is 0 Å². The Bertz CT molecular complexity index is 462. The van der Waals surface area contributed by atoms with E-state index in [1.807, 2.05) is 25.1 Å². The van der Waals surface area contributed by atoms with Crippen molar-refractivity contribution in [3.63, 3.8) is 0 Å². The van der Waals surface area contributed by atoms with Crippen LogP contribution in [0.1, 0.15) is 11.1 Å². The fourth-order valence-electron chi connectivity index (χ4n) is 1.23. The zero-order chi connectivity index (χ0) is 8.55. The standard InChI is InChI=1S/C10H7NO/c1-7-2-3-10-9(4-7)8(5-11)6-12-10/h2-4,6H,1H3. The molecule has 0 bridgehead atoms. The lowest BCUT2D eigenvalue weighted by Crippen LogP contribution is -1.72. The maximum atomic E-state index is 8.71. The molecule has 0 amide bonds. The Hall–Kier alpha value is -1.75. The maximum absolute atomic E-state index is 8.71. The summed E-state index contributed by atoms with van der Waals surface area (Å²) in [6, 6.07) is 7.88. The topological polar surface area (TPSA) is 36.9 Å². The van der Waals surface area contributed by atoms with E-state index in [-0.39, 0.29) is 0 Å². The molecule has 2 aromatic rings. The van der Waals surface area contributed by atoms with E-state index < -0.39 is 0 Å². The van der Waals surface area contributed by atoms with Gasteiger partial charge in [-0.15, -0.1) is 0 Å². The molecule has 0 unspecified atom stereocenters. The monoisotopic (exact) mass is 157 g/mol. The minimum absolute atomic E-state index is 0.605. The molecule has 1 heterocycles. The van der Waals surface area contributed by atoms with Crippen LogP contribution in [0, 0.1) is 18.3 Å². The molecule has 0 atom stereocenters. The van der Waals surface area contributed by atoms with Gasteiger partial charge in [0, 0.05) is 5.39 Å². The van der Waals surface area contributed by atoms with Gasteiger partial charge in [0.05, 0.1) is 5.56 Å². The first kappa shape index (κ1) is 6.93. The van der Waals surface area contributed by atoms with Crippen molar-refractivity contribution in [3.8, 4) is 6.07 Å². The van der Waals surface area contributed by atoms with E-state index in [0.717, 1.165) is 16.5 Å². The van der Waals surface area contributed by atoms with Gasteiger partial charge in [-0.3, -0.25) is 0 Å². The average molecular weight is 157 g/mol. The number of fused-ring (bicyclic) bond motifs is 1. The van der Waals surface area contributed by atoms with Crippen molar-refractivity contribution in [3.05, 3.63) is 35.6 Å². The molecule has 0 N–H and O–H groups in total. The van der Waals surface area contributed by atoms with Crippen molar-refractivity contribution >= 4 is 11.0 Å². The molecule has 0 spiro atoms. The van der Waals surface area contributed by atoms with Crippen LogP contribution < -0.4 is 0 Å². The molecule has 2 heteroatoms. The average Bonchev–Trinajstić information content (AvgIpc) is 2.46. The smallest absolute Gasteiger partial charge is 0.135 e. The van der Waals surface area contributed by atoms with Crippen LogP contribution in [0.4, 0.5) is 0 Å². The number of aryl methyl sites for hydroxylation is 1. The van der Waals surface area contributed by atoms with Crippen LogP contribution in [0.5, 0.6) is 0 Å². The highest BCUT2D eigenvalue weighted by Crippen LogP contribution is 2.21. The Kier molecular flexibility index (Phi) is 1.38. The third kappa shape index (κ3) is 0.876. The number of nitriles is 1. The van der Waals surface area contributed by atoms with E-state index in [0.29, 0.717) is 5.56 Å². The van der Waals surface area contributed by atoms with Crippen LogP contribution in [0.2, 0.25) is 0 Å². The Morgan fingerprint density at radius 2 is 2.25 bits per heavy atom. The van der Waals surface area contributed by atoms with Crippen LogP contribution in [0.25, 0.3) is 11.0 Å². The van der Waals surface area contributed by atoms with Crippen LogP contribution in [0.15, 0.2) is 28.9 Å². The van der Waals surface area contributed by atoms with Crippen molar-refractivity contribution < 1.29 is 4.42 Å². The van der Waals surface area contributed by atoms with E-state index in [1.54, 1.807) is 0 Å². The van der Waals surface area contributed by atoms with E-state index >= 15 is 0 Å². The number of nitrogens with zero attached hydrogens (tertiary/aromatic N) is 1. The summed E-state index contributed by atoms with van der Waals surface area (Å²) < 4.78 is 5.17. The summed E-state index contributed by atoms with van der Waals surface area (Å²) in [5.41, 5.74) is 2.52. The fourth-order valence-corrected chi connectivity index (χ4v) is 1.23. The minimum atomic E-state index is 0.605. The van der Waals surface area contributed by atoms with Crippen molar-refractivity contribution in [2.24, 2.45) is 0 Å². The highest BCUT2D eigenvalue weighted by atomic mass is 16.3. The second-order valence-electron chi connectivity index (χ2n) is 2.76. The molecule has 58 valence electrons. The SMILES string of the molecule is Cc1ccc2occ(C#N)c2c1. The number of rotatable bonds is 0. The summed E-state index contributed by atoms with van der Waals surface area (Å²) in [6.07, 6.45) is 1.49. The molecular weight excluding hydrogens is 150 g/mol. The lowest BCUT2D eigenvalue weighted by molar-refractivity contribution is 0.614. The predicted molar refractivity (Wildman–Crippen MR) is 45.7 cm³/mol. The molecule has 0 fully saturated rings. The second-order valence-corrected chi connectivity index (χ2v) is 2.76. The van der Waals surface area contributed by atoms with Gasteiger partial charge in [-0.25, -0.2) is 0 Å². The Morgan fingerprint density at radius 3 is 3.00 bits per heavy atom. The Morgan fingerprint density at radius 1 is 1.42 bits per heavy atom. The van der Waals surface area contributed by atoms with Gasteiger partial charge in [0.25, 0.3) is 0 Å². The van der Waals surface area contributed by atoms with Gasteiger partial charge in [0.15, 0.2) is 0 Å². The first-order chi connectivity index (χ1) is 5.81. The molecule has 2 rings (SSSR count). The van der Waals surface area contributed by atoms with Crippen molar-refractivity contribution in [2.75, 3.05) is 0 Å². The summed E-state index contributed by atoms with van der Waals surface area (Å²) in [5, 5.41) is 9.61. The second kappa shape index (κ2) is 2.38. The molecule has 0 aliphatic heterocycles. The molecule has 0 aliphatic rings. The van der Waals surface area contributed by atoms with Crippen LogP contribution in [-0.4, -0.2) is 0 Å². The minimum Gasteiger partial charge on any atom is -0.463 e. The van der Waals surface area contributed by atoms with Gasteiger partial charge in [0.1, 0.15) is 17.9 Å². The summed E-state index contributed by atoms with van der Waals surface area (Å²) >= 11 is 0. The van der Waals surface area contributed by atoms with Crippen LogP contribution in [-0.2, 0) is 0 Å². The zero-order valence-electron chi connectivity index (χ0n) is 6.66. The summed E-state index contributed by atoms with van der Waals surface area (Å²) in [7, 11) is 0. The predicted octanol–water partition coefficient (Wildman–Crippen LogP) is 2.61. The van der Waals surface area contributed by atoms with E-state index in [9.17, 15) is 0 Å². The van der Waals surface area contributed by atoms with Gasteiger partial charge in [-0.2, -0.15) is 5.26 Å². The van der Waals surface area contributed by atoms with Crippen molar-refractivity contribution in [1.29, 1.82) is 5.26 Å². The lowest BCUT2D eigenvalue weighted by atomic mass is 10.1. The lowest BCUT2D eigenvalue weighted by Gasteiger charge is -1.90. The maximum Gasteiger partial charge on any atom is 0.135 e. The van der Waals surface area contributed by atoms with E-state index in [2.05, 4.69) is 6.07 Å². The zero-order valence-corrected chi connectivity index (χ0v) is 6.66. The molecule has 1 aromatic heterocycles. The molecule has 0 saturated heterocycles. The van der Waals surface area contributed by atoms with E-state index in [1.165, 1.54) is 6.26 Å². The van der Waals surface area contributed by atoms with E-state index in [4.69, 9.17) is 9.68 Å². The Labute approximate surface area is 70.0 Å². The van der Waals surface area contributed by atoms with Gasteiger partial charge < -0.3 is 4.42 Å². The number of furan rings is 1. The fraction of sp³-hybridized carbons (Fsp3) is 0.100. The first-order valence-corrected chi connectivity index (χ1v) is 3.69. The molecular formula is C10H7NO. The highest BCUT2D eigenvalue weighted by molar-refractivity contribution is 5.84. The van der Waals surface area contributed by atoms with Crippen LogP contribution >= 0.6 is 0 Å². The third-order valence-corrected chi connectivity index (χ3v) is 1.85. The highest BCUT2D eigenvalue weighted by Gasteiger charge is 2.03. The van der Waals surface area contributed by atoms with Crippen molar-refractivity contribution in [1.82, 2.24) is 0 Å². The normalized spacial score (nSPS) is 10.0. The summed E-state index contributed by atoms with van der Waals surface area (Å²) in [4.78, 5) is 0. The number of hydrogen-bond donors (Lipinski definition) is 0. The van der Waals surface area contributed by atoms with Crippen molar-refractivity contribution in [2.45, 2.75) is 6.92 Å². The first-order valence-electron chi connectivity index (χ1n) is 3.69. The number of benzene rings is 1. The van der Waals surface area contributed by atoms with Gasteiger partial charge in [-0.05, 0) is 19.1 Å². The van der Waals surface area contributed by atoms with Gasteiger partial charge >= 0.3 is 0 Å². The molecule has 12 heavy (non-hydrogen) atoms. The van der Waals surface area contributed by atoms with Gasteiger partial charge in [-0.1, -0.05) is 11.6 Å². The molecule has 2 nitrogen and oxygen atoms in total. The molecule has 0 aliphatic carbocycles. The molecule has 0 saturated carbocycles. The quantitative estimate of drug-likeness (QED) is 0.589. The summed E-state index contributed by atoms with van der Waals surface area (Å²) in [5.74, 6) is 0. The molecule has 1 aromatic carbocycles. The molecule has 0 radical (unpaired) electrons. The third-order valence-electron chi connectivity index (χ3n) is 1.85.